The van der Waals surface area contributed by atoms with Crippen molar-refractivity contribution in [2.45, 2.75) is 18.6 Å². The molecule has 2 aromatic carbocycles. The number of para-hydroxylation sites is 1. The molecule has 26 heavy (non-hydrogen) atoms. The molecule has 1 aromatic heterocycles. The second kappa shape index (κ2) is 6.48. The molecular weight excluding hydrogens is 337 g/mol. The number of alkyl halides is 3. The van der Waals surface area contributed by atoms with Crippen LogP contribution in [0.5, 0.6) is 0 Å². The van der Waals surface area contributed by atoms with Crippen molar-refractivity contribution in [3.63, 3.8) is 0 Å². The van der Waals surface area contributed by atoms with Crippen LogP contribution in [-0.2, 0) is 6.42 Å². The molecule has 0 bridgehead atoms. The van der Waals surface area contributed by atoms with Gasteiger partial charge in [0.15, 0.2) is 6.04 Å². The van der Waals surface area contributed by atoms with Gasteiger partial charge >= 0.3 is 6.18 Å². The molecule has 0 saturated heterocycles. The van der Waals surface area contributed by atoms with Crippen molar-refractivity contribution in [1.82, 2.24) is 4.98 Å². The summed E-state index contributed by atoms with van der Waals surface area (Å²) in [5.41, 5.74) is 3.03. The molecule has 4 rings (SSSR count). The number of anilines is 1. The maximum atomic E-state index is 14.0. The van der Waals surface area contributed by atoms with E-state index in [0.29, 0.717) is 35.5 Å². The van der Waals surface area contributed by atoms with E-state index in [2.05, 4.69) is 4.98 Å². The molecular formula is C21H17F3N2. The van der Waals surface area contributed by atoms with Crippen molar-refractivity contribution in [2.24, 2.45) is 0 Å². The quantitative estimate of drug-likeness (QED) is 0.611. The van der Waals surface area contributed by atoms with Crippen LogP contribution in [0.1, 0.15) is 17.2 Å². The van der Waals surface area contributed by atoms with Crippen LogP contribution >= 0.6 is 0 Å². The Balaban J connectivity index is 1.83. The Morgan fingerprint density at radius 2 is 1.69 bits per heavy atom. The minimum absolute atomic E-state index is 0.316. The van der Waals surface area contributed by atoms with Gasteiger partial charge in [-0.2, -0.15) is 13.2 Å². The summed E-state index contributed by atoms with van der Waals surface area (Å²) in [7, 11) is 0. The second-order valence-electron chi connectivity index (χ2n) is 6.35. The zero-order chi connectivity index (χ0) is 18.1. The number of nitrogens with zero attached hydrogens (tertiary/aromatic N) is 2. The van der Waals surface area contributed by atoms with E-state index in [1.54, 1.807) is 48.7 Å². The highest BCUT2D eigenvalue weighted by atomic mass is 19.4. The topological polar surface area (TPSA) is 16.1 Å². The fraction of sp³-hybridized carbons (Fsp3) is 0.190. The van der Waals surface area contributed by atoms with E-state index in [9.17, 15) is 13.2 Å². The van der Waals surface area contributed by atoms with Gasteiger partial charge in [-0.15, -0.1) is 0 Å². The Bertz CT molecular complexity index is 892. The molecule has 0 fully saturated rings. The minimum atomic E-state index is -4.37. The van der Waals surface area contributed by atoms with Gasteiger partial charge in [-0.3, -0.25) is 4.98 Å². The molecule has 0 N–H and O–H groups in total. The summed E-state index contributed by atoms with van der Waals surface area (Å²) in [6.45, 7) is 0.337. The number of hydrogen-bond donors (Lipinski definition) is 0. The molecule has 5 heteroatoms. The molecule has 1 atom stereocenters. The Kier molecular flexibility index (Phi) is 4.15. The normalized spacial score (nSPS) is 17.0. The van der Waals surface area contributed by atoms with Gasteiger partial charge in [0.05, 0.1) is 5.69 Å². The molecule has 1 aliphatic rings. The van der Waals surface area contributed by atoms with Gasteiger partial charge in [0.1, 0.15) is 0 Å². The molecule has 0 radical (unpaired) electrons. The summed E-state index contributed by atoms with van der Waals surface area (Å²) in [5.74, 6) is 0. The van der Waals surface area contributed by atoms with Crippen molar-refractivity contribution < 1.29 is 13.2 Å². The average Bonchev–Trinajstić information content (AvgIpc) is 2.67. The fourth-order valence-corrected chi connectivity index (χ4v) is 3.56. The summed E-state index contributed by atoms with van der Waals surface area (Å²) in [4.78, 5) is 5.72. The van der Waals surface area contributed by atoms with E-state index in [0.717, 1.165) is 5.56 Å². The summed E-state index contributed by atoms with van der Waals surface area (Å²) < 4.78 is 42.1. The number of aromatic nitrogens is 1. The number of benzene rings is 2. The Labute approximate surface area is 149 Å². The van der Waals surface area contributed by atoms with Gasteiger partial charge in [-0.25, -0.2) is 0 Å². The molecule has 1 aliphatic heterocycles. The lowest BCUT2D eigenvalue weighted by Crippen LogP contribution is -2.43. The highest BCUT2D eigenvalue weighted by Crippen LogP contribution is 2.44. The van der Waals surface area contributed by atoms with Crippen molar-refractivity contribution in [3.05, 3.63) is 84.1 Å². The molecule has 1 unspecified atom stereocenters. The monoisotopic (exact) mass is 354 g/mol. The van der Waals surface area contributed by atoms with E-state index < -0.39 is 12.2 Å². The van der Waals surface area contributed by atoms with Crippen molar-refractivity contribution in [1.29, 1.82) is 0 Å². The van der Waals surface area contributed by atoms with Crippen LogP contribution in [0.2, 0.25) is 0 Å². The lowest BCUT2D eigenvalue weighted by Gasteiger charge is -2.40. The lowest BCUT2D eigenvalue weighted by atomic mass is 9.89. The Morgan fingerprint density at radius 3 is 2.38 bits per heavy atom. The van der Waals surface area contributed by atoms with Crippen molar-refractivity contribution in [2.75, 3.05) is 11.4 Å². The van der Waals surface area contributed by atoms with Crippen LogP contribution in [0.15, 0.2) is 72.9 Å². The highest BCUT2D eigenvalue weighted by Gasteiger charge is 2.47. The highest BCUT2D eigenvalue weighted by molar-refractivity contribution is 5.63. The zero-order valence-corrected chi connectivity index (χ0v) is 13.9. The summed E-state index contributed by atoms with van der Waals surface area (Å²) in [5, 5.41) is 0. The van der Waals surface area contributed by atoms with Gasteiger partial charge in [0, 0.05) is 24.0 Å². The van der Waals surface area contributed by atoms with Gasteiger partial charge in [0.2, 0.25) is 0 Å². The molecule has 2 nitrogen and oxygen atoms in total. The number of rotatable bonds is 2. The molecule has 2 heterocycles. The molecule has 0 spiro atoms. The first kappa shape index (κ1) is 16.6. The SMILES string of the molecule is FC(F)(F)C1c2cc(-c3ccccn3)ccc2CCN1c1ccccc1. The van der Waals surface area contributed by atoms with E-state index >= 15 is 0 Å². The van der Waals surface area contributed by atoms with Crippen molar-refractivity contribution in [3.8, 4) is 11.3 Å². The standard InChI is InChI=1S/C21H17F3N2/c22-21(23,24)20-18-14-16(19-8-4-5-12-25-19)10-9-15(18)11-13-26(20)17-6-2-1-3-7-17/h1-10,12,14,20H,11,13H2. The first-order valence-electron chi connectivity index (χ1n) is 8.47. The lowest BCUT2D eigenvalue weighted by molar-refractivity contribution is -0.151. The van der Waals surface area contributed by atoms with E-state index in [1.165, 1.54) is 4.90 Å². The zero-order valence-electron chi connectivity index (χ0n) is 13.9. The van der Waals surface area contributed by atoms with Crippen LogP contribution in [0, 0.1) is 0 Å². The molecule has 3 aromatic rings. The van der Waals surface area contributed by atoms with Gasteiger partial charge in [-0.1, -0.05) is 36.4 Å². The molecule has 0 aliphatic carbocycles. The van der Waals surface area contributed by atoms with E-state index in [4.69, 9.17) is 0 Å². The van der Waals surface area contributed by atoms with Crippen molar-refractivity contribution >= 4 is 5.69 Å². The van der Waals surface area contributed by atoms with Gasteiger partial charge < -0.3 is 4.90 Å². The third kappa shape index (κ3) is 3.05. The maximum Gasteiger partial charge on any atom is 0.413 e. The maximum absolute atomic E-state index is 14.0. The fourth-order valence-electron chi connectivity index (χ4n) is 3.56. The average molecular weight is 354 g/mol. The second-order valence-corrected chi connectivity index (χ2v) is 6.35. The van der Waals surface area contributed by atoms with Crippen LogP contribution in [-0.4, -0.2) is 17.7 Å². The van der Waals surface area contributed by atoms with Gasteiger partial charge in [0.25, 0.3) is 0 Å². The van der Waals surface area contributed by atoms with Crippen LogP contribution in [0.4, 0.5) is 18.9 Å². The number of halogens is 3. The molecule has 132 valence electrons. The smallest absolute Gasteiger partial charge is 0.356 e. The first-order chi connectivity index (χ1) is 12.5. The minimum Gasteiger partial charge on any atom is -0.356 e. The van der Waals surface area contributed by atoms with E-state index in [1.807, 2.05) is 24.3 Å². The van der Waals surface area contributed by atoms with Gasteiger partial charge in [-0.05, 0) is 47.9 Å². The summed E-state index contributed by atoms with van der Waals surface area (Å²) in [6, 6.07) is 17.9. The Morgan fingerprint density at radius 1 is 0.923 bits per heavy atom. The first-order valence-corrected chi connectivity index (χ1v) is 8.47. The largest absolute Gasteiger partial charge is 0.413 e. The number of fused-ring (bicyclic) bond motifs is 1. The van der Waals surface area contributed by atoms with Crippen LogP contribution in [0.3, 0.4) is 0 Å². The predicted octanol–water partition coefficient (Wildman–Crippen LogP) is 5.41. The number of hydrogen-bond acceptors (Lipinski definition) is 2. The number of pyridine rings is 1. The third-order valence-electron chi connectivity index (χ3n) is 4.73. The summed E-state index contributed by atoms with van der Waals surface area (Å²) >= 11 is 0. The molecule has 0 amide bonds. The van der Waals surface area contributed by atoms with E-state index in [-0.39, 0.29) is 0 Å². The summed E-state index contributed by atoms with van der Waals surface area (Å²) in [6.07, 6.45) is -2.14. The Hall–Kier alpha value is -2.82. The van der Waals surface area contributed by atoms with Crippen LogP contribution < -0.4 is 4.90 Å². The third-order valence-corrected chi connectivity index (χ3v) is 4.73. The van der Waals surface area contributed by atoms with Crippen LogP contribution in [0.25, 0.3) is 11.3 Å². The predicted molar refractivity (Wildman–Crippen MR) is 96.0 cm³/mol. The molecule has 0 saturated carbocycles.